The second-order valence-electron chi connectivity index (χ2n) is 10.3. The van der Waals surface area contributed by atoms with Crippen molar-refractivity contribution in [3.8, 4) is 5.75 Å². The summed E-state index contributed by atoms with van der Waals surface area (Å²) in [6.45, 7) is 10.2. The molecule has 2 amide bonds. The zero-order valence-corrected chi connectivity index (χ0v) is 27.4. The highest BCUT2D eigenvalue weighted by atomic mass is 35.5. The maximum atomic E-state index is 13.1. The number of hydrogen-bond acceptors (Lipinski definition) is 10. The van der Waals surface area contributed by atoms with Gasteiger partial charge >= 0.3 is 6.09 Å². The summed E-state index contributed by atoms with van der Waals surface area (Å²) in [6, 6.07) is 12.0. The van der Waals surface area contributed by atoms with Gasteiger partial charge in [-0.15, -0.1) is 12.4 Å². The number of fused-ring (bicyclic) bond motifs is 1. The fraction of sp³-hybridized carbons (Fsp3) is 0.483. The van der Waals surface area contributed by atoms with Crippen LogP contribution in [0, 0.1) is 0 Å². The van der Waals surface area contributed by atoms with Crippen LogP contribution in [0.1, 0.15) is 24.2 Å². The van der Waals surface area contributed by atoms with Crippen LogP contribution in [0.5, 0.6) is 5.75 Å². The van der Waals surface area contributed by atoms with Crippen LogP contribution in [0.3, 0.4) is 0 Å². The third kappa shape index (κ3) is 7.91. The quantitative estimate of drug-likeness (QED) is 0.348. The van der Waals surface area contributed by atoms with Gasteiger partial charge in [0.1, 0.15) is 5.75 Å². The standard InChI is InChI=1S/C29H38N6O6S2.ClH/c1-3-40-23-7-10-25-26(21-23)42-28(31-25)33-15-13-32(14-16-33)12-11-30-27(36)22-5-8-24(9-6-22)43(38,39)35-19-17-34(18-20-35)29(37)41-4-2;/h5-10,21H,3-4,11-20H2,1-2H3,(H,30,36);1H. The first kappa shape index (κ1) is 33.7. The molecule has 0 bridgehead atoms. The summed E-state index contributed by atoms with van der Waals surface area (Å²) in [7, 11) is -3.73. The van der Waals surface area contributed by atoms with Gasteiger partial charge in [-0.25, -0.2) is 18.2 Å². The molecule has 2 aliphatic heterocycles. The fourth-order valence-corrected chi connectivity index (χ4v) is 7.60. The number of anilines is 1. The molecule has 0 unspecified atom stereocenters. The minimum atomic E-state index is -3.73. The molecule has 15 heteroatoms. The summed E-state index contributed by atoms with van der Waals surface area (Å²) >= 11 is 1.68. The molecule has 0 spiro atoms. The number of rotatable bonds is 10. The fourth-order valence-electron chi connectivity index (χ4n) is 5.13. The van der Waals surface area contributed by atoms with Crippen LogP contribution < -0.4 is 15.0 Å². The number of ether oxygens (including phenoxy) is 2. The van der Waals surface area contributed by atoms with E-state index in [4.69, 9.17) is 14.5 Å². The number of nitrogens with zero attached hydrogens (tertiary/aromatic N) is 5. The van der Waals surface area contributed by atoms with Crippen LogP contribution in [0.25, 0.3) is 10.2 Å². The monoisotopic (exact) mass is 666 g/mol. The van der Waals surface area contributed by atoms with Gasteiger partial charge in [-0.3, -0.25) is 9.69 Å². The van der Waals surface area contributed by atoms with E-state index in [9.17, 15) is 18.0 Å². The van der Waals surface area contributed by atoms with Gasteiger partial charge in [0.15, 0.2) is 5.13 Å². The highest BCUT2D eigenvalue weighted by Crippen LogP contribution is 2.32. The second-order valence-corrected chi connectivity index (χ2v) is 13.2. The zero-order chi connectivity index (χ0) is 30.4. The van der Waals surface area contributed by atoms with E-state index in [0.717, 1.165) is 53.8 Å². The van der Waals surface area contributed by atoms with Gasteiger partial charge in [-0.1, -0.05) is 11.3 Å². The average Bonchev–Trinajstić information content (AvgIpc) is 3.45. The van der Waals surface area contributed by atoms with Crippen molar-refractivity contribution in [3.05, 3.63) is 48.0 Å². The SMILES string of the molecule is CCOC(=O)N1CCN(S(=O)(=O)c2ccc(C(=O)NCCN3CCN(c4nc5ccc(OCC)cc5s4)CC3)cc2)CC1.Cl. The maximum absolute atomic E-state index is 13.1. The number of piperazine rings is 2. The number of halogens is 1. The molecular weight excluding hydrogens is 628 g/mol. The van der Waals surface area contributed by atoms with E-state index in [1.165, 1.54) is 33.5 Å². The normalized spacial score (nSPS) is 16.4. The van der Waals surface area contributed by atoms with E-state index in [-0.39, 0.29) is 56.0 Å². The molecule has 3 aromatic rings. The Bertz CT molecular complexity index is 1520. The predicted octanol–water partition coefficient (Wildman–Crippen LogP) is 3.13. The minimum Gasteiger partial charge on any atom is -0.494 e. The minimum absolute atomic E-state index is 0. The van der Waals surface area contributed by atoms with Crippen LogP contribution in [-0.4, -0.2) is 118 Å². The first-order valence-electron chi connectivity index (χ1n) is 14.6. The van der Waals surface area contributed by atoms with Crippen molar-refractivity contribution in [2.24, 2.45) is 0 Å². The van der Waals surface area contributed by atoms with Crippen molar-refractivity contribution in [1.82, 2.24) is 24.4 Å². The molecule has 2 aliphatic rings. The number of carbonyl (C=O) groups is 2. The molecule has 2 saturated heterocycles. The molecular formula is C29H39ClN6O6S2. The Hall–Kier alpha value is -3.17. The molecule has 1 N–H and O–H groups in total. The molecule has 2 fully saturated rings. The smallest absolute Gasteiger partial charge is 0.409 e. The van der Waals surface area contributed by atoms with Crippen LogP contribution in [0.4, 0.5) is 9.93 Å². The number of nitrogens with one attached hydrogen (secondary N) is 1. The lowest BCUT2D eigenvalue weighted by Gasteiger charge is -2.34. The highest BCUT2D eigenvalue weighted by Gasteiger charge is 2.30. The number of benzene rings is 2. The number of thiazole rings is 1. The Morgan fingerprint density at radius 2 is 1.64 bits per heavy atom. The Kier molecular flexibility index (Phi) is 11.7. The maximum Gasteiger partial charge on any atom is 0.409 e. The van der Waals surface area contributed by atoms with Crippen molar-refractivity contribution < 1.29 is 27.5 Å². The Labute approximate surface area is 268 Å². The van der Waals surface area contributed by atoms with Crippen LogP contribution >= 0.6 is 23.7 Å². The summed E-state index contributed by atoms with van der Waals surface area (Å²) in [5.41, 5.74) is 1.38. The van der Waals surface area contributed by atoms with E-state index < -0.39 is 16.1 Å². The van der Waals surface area contributed by atoms with Crippen molar-refractivity contribution >= 4 is 61.1 Å². The lowest BCUT2D eigenvalue weighted by molar-refractivity contribution is 0.0932. The third-order valence-corrected chi connectivity index (χ3v) is 10.5. The average molecular weight is 667 g/mol. The zero-order valence-electron chi connectivity index (χ0n) is 24.9. The number of aromatic nitrogens is 1. The summed E-state index contributed by atoms with van der Waals surface area (Å²) in [4.78, 5) is 35.7. The van der Waals surface area contributed by atoms with Crippen LogP contribution in [0.2, 0.25) is 0 Å². The van der Waals surface area contributed by atoms with Gasteiger partial charge < -0.3 is 24.6 Å². The molecule has 240 valence electrons. The summed E-state index contributed by atoms with van der Waals surface area (Å²) < 4.78 is 39.3. The van der Waals surface area contributed by atoms with E-state index in [1.807, 2.05) is 25.1 Å². The number of carbonyl (C=O) groups excluding carboxylic acids is 2. The molecule has 3 heterocycles. The van der Waals surface area contributed by atoms with Gasteiger partial charge in [-0.05, 0) is 56.3 Å². The van der Waals surface area contributed by atoms with Crippen molar-refractivity contribution in [2.45, 2.75) is 18.7 Å². The summed E-state index contributed by atoms with van der Waals surface area (Å²) in [5, 5.41) is 3.96. The van der Waals surface area contributed by atoms with Crippen LogP contribution in [-0.2, 0) is 14.8 Å². The first-order valence-corrected chi connectivity index (χ1v) is 16.8. The van der Waals surface area contributed by atoms with E-state index in [0.29, 0.717) is 18.7 Å². The van der Waals surface area contributed by atoms with E-state index in [2.05, 4.69) is 15.1 Å². The molecule has 44 heavy (non-hydrogen) atoms. The lowest BCUT2D eigenvalue weighted by atomic mass is 10.2. The van der Waals surface area contributed by atoms with Gasteiger partial charge in [0.2, 0.25) is 10.0 Å². The molecule has 5 rings (SSSR count). The van der Waals surface area contributed by atoms with Gasteiger partial charge in [0.25, 0.3) is 5.91 Å². The molecule has 0 aliphatic carbocycles. The molecule has 1 aromatic heterocycles. The Balaban J connectivity index is 0.00000442. The van der Waals surface area contributed by atoms with Gasteiger partial charge in [0.05, 0.1) is 28.3 Å². The third-order valence-electron chi connectivity index (χ3n) is 7.53. The van der Waals surface area contributed by atoms with Crippen molar-refractivity contribution in [3.63, 3.8) is 0 Å². The molecule has 2 aromatic carbocycles. The van der Waals surface area contributed by atoms with Crippen molar-refractivity contribution in [1.29, 1.82) is 0 Å². The molecule has 0 atom stereocenters. The summed E-state index contributed by atoms with van der Waals surface area (Å²) in [5.74, 6) is 0.618. The second kappa shape index (κ2) is 15.2. The van der Waals surface area contributed by atoms with Gasteiger partial charge in [0, 0.05) is 71.0 Å². The lowest BCUT2D eigenvalue weighted by Crippen LogP contribution is -2.50. The molecule has 0 radical (unpaired) electrons. The largest absolute Gasteiger partial charge is 0.494 e. The molecule has 0 saturated carbocycles. The predicted molar refractivity (Wildman–Crippen MR) is 173 cm³/mol. The summed E-state index contributed by atoms with van der Waals surface area (Å²) in [6.07, 6.45) is -0.432. The number of hydrogen-bond donors (Lipinski definition) is 1. The van der Waals surface area contributed by atoms with Crippen molar-refractivity contribution in [2.75, 3.05) is 83.6 Å². The number of sulfonamides is 1. The van der Waals surface area contributed by atoms with Crippen LogP contribution in [0.15, 0.2) is 47.4 Å². The first-order chi connectivity index (χ1) is 20.8. The van der Waals surface area contributed by atoms with E-state index >= 15 is 0 Å². The number of amides is 2. The molecule has 12 nitrogen and oxygen atoms in total. The Morgan fingerprint density at radius 3 is 2.30 bits per heavy atom. The highest BCUT2D eigenvalue weighted by molar-refractivity contribution is 7.89. The topological polar surface area (TPSA) is 125 Å². The van der Waals surface area contributed by atoms with E-state index in [1.54, 1.807) is 18.3 Å². The Morgan fingerprint density at radius 1 is 0.932 bits per heavy atom. The van der Waals surface area contributed by atoms with Gasteiger partial charge in [-0.2, -0.15) is 4.31 Å².